The number of amides is 1. The molecule has 0 saturated carbocycles. The summed E-state index contributed by atoms with van der Waals surface area (Å²) >= 11 is 2.03. The molecule has 0 radical (unpaired) electrons. The maximum absolute atomic E-state index is 12.1. The van der Waals surface area contributed by atoms with Crippen LogP contribution in [0.5, 0.6) is 5.88 Å². The molecule has 1 aliphatic rings. The lowest BCUT2D eigenvalue weighted by Crippen LogP contribution is -2.48. The molecule has 0 spiro atoms. The van der Waals surface area contributed by atoms with E-state index in [0.717, 1.165) is 3.57 Å². The van der Waals surface area contributed by atoms with Crippen molar-refractivity contribution in [3.8, 4) is 5.88 Å². The number of nitrogens with one attached hydrogen (secondary N) is 1. The number of hydrogen-bond acceptors (Lipinski definition) is 10. The SMILES string of the molecule is CC(=O)Nc1nc(OC(C)c2ccc(I)cc2[N+](=O)[O-])c2ncn([C@H]3C[C@@H](O[Si](C)(C)C(C)(C)C)[C@@H](CO[Si](C)(C)C(C)(C)C)O3)c2n1. The Balaban J connectivity index is 1.73. The number of fused-ring (bicyclic) bond motifs is 1. The molecule has 16 heteroatoms. The van der Waals surface area contributed by atoms with Gasteiger partial charge in [-0.1, -0.05) is 41.5 Å². The fraction of sp³-hybridized carbons (Fsp3) is 0.625. The molecule has 4 atom stereocenters. The molecule has 264 valence electrons. The van der Waals surface area contributed by atoms with Crippen molar-refractivity contribution in [1.29, 1.82) is 0 Å². The molecule has 4 rings (SSSR count). The Morgan fingerprint density at radius 1 is 1.15 bits per heavy atom. The van der Waals surface area contributed by atoms with Crippen LogP contribution in [0.15, 0.2) is 24.5 Å². The second-order valence-electron chi connectivity index (χ2n) is 15.4. The molecule has 1 saturated heterocycles. The van der Waals surface area contributed by atoms with Gasteiger partial charge in [0.1, 0.15) is 18.4 Å². The number of hydrogen-bond donors (Lipinski definition) is 1. The van der Waals surface area contributed by atoms with Gasteiger partial charge in [-0.3, -0.25) is 24.8 Å². The molecule has 13 nitrogen and oxygen atoms in total. The second-order valence-corrected chi connectivity index (χ2v) is 26.2. The van der Waals surface area contributed by atoms with Crippen molar-refractivity contribution in [3.63, 3.8) is 0 Å². The second kappa shape index (κ2) is 14.0. The van der Waals surface area contributed by atoms with E-state index in [0.29, 0.717) is 29.8 Å². The highest BCUT2D eigenvalue weighted by molar-refractivity contribution is 14.1. The zero-order chi connectivity index (χ0) is 36.0. The van der Waals surface area contributed by atoms with Gasteiger partial charge in [0.15, 0.2) is 27.8 Å². The molecule has 1 N–H and O–H groups in total. The van der Waals surface area contributed by atoms with E-state index in [1.54, 1.807) is 25.4 Å². The third kappa shape index (κ3) is 8.43. The maximum Gasteiger partial charge on any atom is 0.277 e. The van der Waals surface area contributed by atoms with Crippen molar-refractivity contribution in [1.82, 2.24) is 19.5 Å². The Morgan fingerprint density at radius 2 is 1.79 bits per heavy atom. The summed E-state index contributed by atoms with van der Waals surface area (Å²) in [6.07, 6.45) is 0.326. The Hall–Kier alpha value is -2.52. The lowest BCUT2D eigenvalue weighted by Gasteiger charge is -2.40. The van der Waals surface area contributed by atoms with E-state index in [9.17, 15) is 14.9 Å². The van der Waals surface area contributed by atoms with Crippen molar-refractivity contribution >= 4 is 67.9 Å². The third-order valence-electron chi connectivity index (χ3n) is 9.75. The lowest BCUT2D eigenvalue weighted by atomic mass is 10.1. The molecule has 1 aliphatic heterocycles. The number of carbonyl (C=O) groups excluding carboxylic acids is 1. The fourth-order valence-electron chi connectivity index (χ4n) is 4.85. The molecule has 48 heavy (non-hydrogen) atoms. The number of nitro groups is 1. The quantitative estimate of drug-likeness (QED) is 0.0869. The van der Waals surface area contributed by atoms with Gasteiger partial charge in [-0.2, -0.15) is 9.97 Å². The van der Waals surface area contributed by atoms with Crippen LogP contribution >= 0.6 is 22.6 Å². The highest BCUT2D eigenvalue weighted by Crippen LogP contribution is 2.43. The lowest BCUT2D eigenvalue weighted by molar-refractivity contribution is -0.386. The summed E-state index contributed by atoms with van der Waals surface area (Å²) in [5.41, 5.74) is 1.03. The van der Waals surface area contributed by atoms with Crippen LogP contribution < -0.4 is 10.1 Å². The first-order valence-corrected chi connectivity index (χ1v) is 23.0. The Morgan fingerprint density at radius 3 is 2.38 bits per heavy atom. The normalized spacial score (nSPS) is 19.8. The van der Waals surface area contributed by atoms with Gasteiger partial charge < -0.3 is 18.3 Å². The average molecular weight is 813 g/mol. The van der Waals surface area contributed by atoms with Crippen LogP contribution in [0.4, 0.5) is 11.6 Å². The summed E-state index contributed by atoms with van der Waals surface area (Å²) in [4.78, 5) is 37.2. The Kier molecular flexibility index (Phi) is 11.2. The predicted octanol–water partition coefficient (Wildman–Crippen LogP) is 8.14. The van der Waals surface area contributed by atoms with E-state index < -0.39 is 33.9 Å². The monoisotopic (exact) mass is 812 g/mol. The molecule has 1 aromatic carbocycles. The number of imidazole rings is 1. The number of anilines is 1. The van der Waals surface area contributed by atoms with E-state index in [-0.39, 0.29) is 45.7 Å². The van der Waals surface area contributed by atoms with Crippen LogP contribution in [-0.4, -0.2) is 65.8 Å². The fourth-order valence-corrected chi connectivity index (χ4v) is 7.70. The number of rotatable bonds is 11. The van der Waals surface area contributed by atoms with Gasteiger partial charge in [0, 0.05) is 23.0 Å². The number of carbonyl (C=O) groups is 1. The van der Waals surface area contributed by atoms with Crippen molar-refractivity contribution in [2.45, 2.75) is 123 Å². The van der Waals surface area contributed by atoms with Gasteiger partial charge in [-0.25, -0.2) is 4.98 Å². The topological polar surface area (TPSA) is 153 Å². The summed E-state index contributed by atoms with van der Waals surface area (Å²) < 4.78 is 29.1. The molecular weight excluding hydrogens is 763 g/mol. The number of ether oxygens (including phenoxy) is 2. The van der Waals surface area contributed by atoms with Crippen molar-refractivity contribution in [3.05, 3.63) is 43.8 Å². The van der Waals surface area contributed by atoms with Crippen LogP contribution in [0.1, 0.15) is 79.7 Å². The minimum atomic E-state index is -2.19. The molecule has 1 amide bonds. The van der Waals surface area contributed by atoms with Gasteiger partial charge in [-0.15, -0.1) is 0 Å². The van der Waals surface area contributed by atoms with E-state index in [2.05, 4.69) is 88.0 Å². The molecule has 2 aromatic heterocycles. The summed E-state index contributed by atoms with van der Waals surface area (Å²) in [7, 11) is -4.27. The molecule has 1 unspecified atom stereocenters. The Bertz CT molecular complexity index is 1670. The van der Waals surface area contributed by atoms with Crippen molar-refractivity contribution < 1.29 is 28.0 Å². The minimum Gasteiger partial charge on any atom is -0.468 e. The number of nitrogens with zero attached hydrogens (tertiary/aromatic N) is 5. The molecule has 0 bridgehead atoms. The maximum atomic E-state index is 12.1. The predicted molar refractivity (Wildman–Crippen MR) is 198 cm³/mol. The summed E-state index contributed by atoms with van der Waals surface area (Å²) in [6, 6.07) is 4.94. The van der Waals surface area contributed by atoms with Gasteiger partial charge in [0.05, 0.1) is 29.5 Å². The molecular formula is C32H49IN6O7Si2. The summed E-state index contributed by atoms with van der Waals surface area (Å²) in [5, 5.41) is 14.5. The van der Waals surface area contributed by atoms with Crippen molar-refractivity contribution in [2.24, 2.45) is 0 Å². The zero-order valence-electron chi connectivity index (χ0n) is 30.0. The van der Waals surface area contributed by atoms with E-state index in [4.69, 9.17) is 18.3 Å². The highest BCUT2D eigenvalue weighted by Gasteiger charge is 2.47. The average Bonchev–Trinajstić information content (AvgIpc) is 3.53. The number of aromatic nitrogens is 4. The first-order valence-electron chi connectivity index (χ1n) is 16.1. The van der Waals surface area contributed by atoms with E-state index >= 15 is 0 Å². The molecule has 3 aromatic rings. The van der Waals surface area contributed by atoms with E-state index in [1.165, 1.54) is 13.0 Å². The van der Waals surface area contributed by atoms with Crippen LogP contribution in [0.3, 0.4) is 0 Å². The van der Waals surface area contributed by atoms with Crippen LogP contribution in [0.2, 0.25) is 36.3 Å². The molecule has 3 heterocycles. The minimum absolute atomic E-state index is 0.00680. The number of halogens is 1. The van der Waals surface area contributed by atoms with Gasteiger partial charge in [0.25, 0.3) is 5.69 Å². The van der Waals surface area contributed by atoms with Crippen LogP contribution in [-0.2, 0) is 18.4 Å². The third-order valence-corrected chi connectivity index (χ3v) is 19.4. The van der Waals surface area contributed by atoms with Crippen LogP contribution in [0, 0.1) is 13.7 Å². The highest BCUT2D eigenvalue weighted by atomic mass is 127. The van der Waals surface area contributed by atoms with Crippen LogP contribution in [0.25, 0.3) is 11.2 Å². The van der Waals surface area contributed by atoms with Gasteiger partial charge in [-0.05, 0) is 77.9 Å². The summed E-state index contributed by atoms with van der Waals surface area (Å²) in [5.74, 6) is -0.274. The first-order chi connectivity index (χ1) is 22.0. The van der Waals surface area contributed by atoms with Gasteiger partial charge >= 0.3 is 0 Å². The molecule has 1 fully saturated rings. The molecule has 0 aliphatic carbocycles. The zero-order valence-corrected chi connectivity index (χ0v) is 34.2. The largest absolute Gasteiger partial charge is 0.468 e. The van der Waals surface area contributed by atoms with Crippen molar-refractivity contribution in [2.75, 3.05) is 11.9 Å². The van der Waals surface area contributed by atoms with Gasteiger partial charge in [0.2, 0.25) is 17.7 Å². The number of nitro benzene ring substituents is 1. The summed E-state index contributed by atoms with van der Waals surface area (Å²) in [6.45, 7) is 25.6. The standard InChI is InChI=1S/C32H49IN6O7Si2/c1-19(22-14-13-21(33)15-23(22)39(41)42)44-29-27-28(36-30(37-29)35-20(2)40)38(18-34-27)26-16-24(46-48(11,12)32(6,7)8)25(45-26)17-43-47(9,10)31(3,4)5/h13-15,18-19,24-26H,16-17H2,1-12H3,(H,35,36,37,40)/t19?,24-,25-,26-/m1/s1. The first kappa shape index (κ1) is 38.3. The smallest absolute Gasteiger partial charge is 0.277 e. The number of benzene rings is 1. The Labute approximate surface area is 298 Å². The van der Waals surface area contributed by atoms with E-state index in [1.807, 2.05) is 27.2 Å².